The number of halogens is 1. The maximum atomic E-state index is 13.8. The van der Waals surface area contributed by atoms with Crippen LogP contribution in [0.15, 0.2) is 60.7 Å². The zero-order valence-corrected chi connectivity index (χ0v) is 16.0. The van der Waals surface area contributed by atoms with Crippen molar-refractivity contribution in [1.29, 1.82) is 0 Å². The van der Waals surface area contributed by atoms with E-state index in [1.54, 1.807) is 24.3 Å². The molecule has 0 bridgehead atoms. The Balaban J connectivity index is 1.91. The molecule has 0 atom stereocenters. The van der Waals surface area contributed by atoms with Gasteiger partial charge in [0.1, 0.15) is 17.3 Å². The summed E-state index contributed by atoms with van der Waals surface area (Å²) < 4.78 is 13.8. The Kier molecular flexibility index (Phi) is 6.32. The average molecular weight is 378 g/mol. The molecule has 0 saturated carbocycles. The summed E-state index contributed by atoms with van der Waals surface area (Å²) >= 11 is 0. The predicted molar refractivity (Wildman–Crippen MR) is 109 cm³/mol. The second-order valence-corrected chi connectivity index (χ2v) is 6.25. The number of nitrogens with one attached hydrogen (secondary N) is 1. The largest absolute Gasteiger partial charge is 0.357 e. The van der Waals surface area contributed by atoms with Gasteiger partial charge in [0.2, 0.25) is 0 Å². The minimum Gasteiger partial charge on any atom is -0.357 e. The Hall–Kier alpha value is -3.28. The van der Waals surface area contributed by atoms with Gasteiger partial charge in [0.15, 0.2) is 5.82 Å². The Morgan fingerprint density at radius 2 is 1.68 bits per heavy atom. The van der Waals surface area contributed by atoms with Gasteiger partial charge in [0, 0.05) is 36.8 Å². The van der Waals surface area contributed by atoms with Gasteiger partial charge in [-0.15, -0.1) is 0 Å². The van der Waals surface area contributed by atoms with Crippen LogP contribution in [0.2, 0.25) is 0 Å². The van der Waals surface area contributed by atoms with Crippen LogP contribution in [0, 0.1) is 5.82 Å². The summed E-state index contributed by atoms with van der Waals surface area (Å²) in [5.41, 5.74) is 1.52. The molecule has 3 rings (SSSR count). The van der Waals surface area contributed by atoms with Gasteiger partial charge < -0.3 is 10.2 Å². The summed E-state index contributed by atoms with van der Waals surface area (Å²) in [6, 6.07) is 17.6. The first-order valence-electron chi connectivity index (χ1n) is 9.33. The number of amides is 1. The lowest BCUT2D eigenvalue weighted by atomic mass is 10.2. The molecular formula is C22H23FN4O. The highest BCUT2D eigenvalue weighted by Crippen LogP contribution is 2.20. The van der Waals surface area contributed by atoms with Crippen molar-refractivity contribution in [1.82, 2.24) is 15.3 Å². The lowest BCUT2D eigenvalue weighted by Crippen LogP contribution is -2.27. The van der Waals surface area contributed by atoms with Crippen molar-refractivity contribution in [3.05, 3.63) is 77.7 Å². The first kappa shape index (κ1) is 19.5. The SMILES string of the molecule is CCN(CC)c1cc(C(=O)NCc2ccccc2F)nc(-c2ccccc2)n1. The summed E-state index contributed by atoms with van der Waals surface area (Å²) in [5.74, 6) is 0.464. The van der Waals surface area contributed by atoms with E-state index < -0.39 is 0 Å². The summed E-state index contributed by atoms with van der Waals surface area (Å²) in [5, 5.41) is 2.75. The third-order valence-electron chi connectivity index (χ3n) is 4.46. The van der Waals surface area contributed by atoms with Gasteiger partial charge in [-0.05, 0) is 19.9 Å². The zero-order valence-electron chi connectivity index (χ0n) is 16.0. The average Bonchev–Trinajstić information content (AvgIpc) is 2.74. The van der Waals surface area contributed by atoms with Crippen LogP contribution >= 0.6 is 0 Å². The molecule has 2 aromatic carbocycles. The van der Waals surface area contributed by atoms with E-state index in [1.807, 2.05) is 44.2 Å². The predicted octanol–water partition coefficient (Wildman–Crippen LogP) is 4.06. The topological polar surface area (TPSA) is 58.1 Å². The van der Waals surface area contributed by atoms with Crippen molar-refractivity contribution in [2.24, 2.45) is 0 Å². The molecule has 5 nitrogen and oxygen atoms in total. The number of hydrogen-bond donors (Lipinski definition) is 1. The Morgan fingerprint density at radius 3 is 2.36 bits per heavy atom. The molecule has 28 heavy (non-hydrogen) atoms. The lowest BCUT2D eigenvalue weighted by molar-refractivity contribution is 0.0945. The molecular weight excluding hydrogens is 355 g/mol. The maximum Gasteiger partial charge on any atom is 0.270 e. The number of rotatable bonds is 7. The Labute approximate surface area is 164 Å². The quantitative estimate of drug-likeness (QED) is 0.674. The number of carbonyl (C=O) groups is 1. The van der Waals surface area contributed by atoms with Crippen LogP contribution < -0.4 is 10.2 Å². The van der Waals surface area contributed by atoms with Crippen molar-refractivity contribution in [2.45, 2.75) is 20.4 Å². The van der Waals surface area contributed by atoms with E-state index in [2.05, 4.69) is 20.2 Å². The minimum absolute atomic E-state index is 0.0940. The van der Waals surface area contributed by atoms with E-state index in [-0.39, 0.29) is 24.0 Å². The number of benzene rings is 2. The monoisotopic (exact) mass is 378 g/mol. The van der Waals surface area contributed by atoms with Gasteiger partial charge in [0.25, 0.3) is 5.91 Å². The van der Waals surface area contributed by atoms with Crippen molar-refractivity contribution >= 4 is 11.7 Å². The van der Waals surface area contributed by atoms with E-state index in [9.17, 15) is 9.18 Å². The summed E-state index contributed by atoms with van der Waals surface area (Å²) in [6.07, 6.45) is 0. The third kappa shape index (κ3) is 4.52. The molecule has 0 saturated heterocycles. The van der Waals surface area contributed by atoms with Crippen molar-refractivity contribution in [3.8, 4) is 11.4 Å². The van der Waals surface area contributed by atoms with Gasteiger partial charge in [0.05, 0.1) is 0 Å². The molecule has 1 amide bonds. The fourth-order valence-electron chi connectivity index (χ4n) is 2.88. The molecule has 0 fully saturated rings. The van der Waals surface area contributed by atoms with Crippen LogP contribution in [-0.2, 0) is 6.54 Å². The molecule has 0 spiro atoms. The molecule has 1 heterocycles. The molecule has 0 aliphatic heterocycles. The van der Waals surface area contributed by atoms with Crippen LogP contribution in [0.5, 0.6) is 0 Å². The van der Waals surface area contributed by atoms with E-state index in [0.29, 0.717) is 17.2 Å². The van der Waals surface area contributed by atoms with Gasteiger partial charge in [-0.3, -0.25) is 4.79 Å². The van der Waals surface area contributed by atoms with Crippen LogP contribution in [0.3, 0.4) is 0 Å². The first-order valence-corrected chi connectivity index (χ1v) is 9.33. The number of carbonyl (C=O) groups excluding carboxylic acids is 1. The number of nitrogens with zero attached hydrogens (tertiary/aromatic N) is 3. The molecule has 0 radical (unpaired) electrons. The minimum atomic E-state index is -0.365. The summed E-state index contributed by atoms with van der Waals surface area (Å²) in [4.78, 5) is 23.9. The molecule has 3 aromatic rings. The normalized spacial score (nSPS) is 10.5. The lowest BCUT2D eigenvalue weighted by Gasteiger charge is -2.21. The third-order valence-corrected chi connectivity index (χ3v) is 4.46. The second kappa shape index (κ2) is 9.08. The fourth-order valence-corrected chi connectivity index (χ4v) is 2.88. The number of anilines is 1. The smallest absolute Gasteiger partial charge is 0.270 e. The molecule has 0 aliphatic rings. The van der Waals surface area contributed by atoms with Gasteiger partial charge in [-0.1, -0.05) is 48.5 Å². The number of aromatic nitrogens is 2. The Morgan fingerprint density at radius 1 is 1.00 bits per heavy atom. The van der Waals surface area contributed by atoms with Gasteiger partial charge >= 0.3 is 0 Å². The highest BCUT2D eigenvalue weighted by Gasteiger charge is 2.16. The molecule has 6 heteroatoms. The zero-order chi connectivity index (χ0) is 19.9. The summed E-state index contributed by atoms with van der Waals surface area (Å²) in [6.45, 7) is 5.68. The highest BCUT2D eigenvalue weighted by atomic mass is 19.1. The maximum absolute atomic E-state index is 13.8. The molecule has 144 valence electrons. The van der Waals surface area contributed by atoms with Crippen LogP contribution in [0.4, 0.5) is 10.2 Å². The van der Waals surface area contributed by atoms with Crippen molar-refractivity contribution < 1.29 is 9.18 Å². The first-order chi connectivity index (χ1) is 13.6. The van der Waals surface area contributed by atoms with Gasteiger partial charge in [-0.2, -0.15) is 0 Å². The van der Waals surface area contributed by atoms with E-state index >= 15 is 0 Å². The van der Waals surface area contributed by atoms with E-state index in [4.69, 9.17) is 0 Å². The van der Waals surface area contributed by atoms with Crippen LogP contribution in [0.25, 0.3) is 11.4 Å². The number of hydrogen-bond acceptors (Lipinski definition) is 4. The molecule has 1 aromatic heterocycles. The Bertz CT molecular complexity index is 942. The highest BCUT2D eigenvalue weighted by molar-refractivity contribution is 5.93. The molecule has 0 aliphatic carbocycles. The van der Waals surface area contributed by atoms with E-state index in [0.717, 1.165) is 18.7 Å². The second-order valence-electron chi connectivity index (χ2n) is 6.25. The summed E-state index contributed by atoms with van der Waals surface area (Å²) in [7, 11) is 0. The fraction of sp³-hybridized carbons (Fsp3) is 0.227. The van der Waals surface area contributed by atoms with Crippen molar-refractivity contribution in [2.75, 3.05) is 18.0 Å². The molecule has 1 N–H and O–H groups in total. The van der Waals surface area contributed by atoms with E-state index in [1.165, 1.54) is 6.07 Å². The van der Waals surface area contributed by atoms with Crippen LogP contribution in [0.1, 0.15) is 29.9 Å². The molecule has 0 unspecified atom stereocenters. The van der Waals surface area contributed by atoms with Crippen molar-refractivity contribution in [3.63, 3.8) is 0 Å². The standard InChI is InChI=1S/C22H23FN4O/c1-3-27(4-2)20-14-19(25-21(26-20)16-10-6-5-7-11-16)22(28)24-15-17-12-8-9-13-18(17)23/h5-14H,3-4,15H2,1-2H3,(H,24,28). The van der Waals surface area contributed by atoms with Crippen LogP contribution in [-0.4, -0.2) is 29.0 Å². The van der Waals surface area contributed by atoms with Gasteiger partial charge in [-0.25, -0.2) is 14.4 Å².